The summed E-state index contributed by atoms with van der Waals surface area (Å²) >= 11 is 2.08. The maximum atomic E-state index is 6.88. The molecular formula is C6H5IN2O. The molecule has 0 aliphatic heterocycles. The molecule has 0 aliphatic rings. The van der Waals surface area contributed by atoms with Gasteiger partial charge in [0.25, 0.3) is 0 Å². The summed E-state index contributed by atoms with van der Waals surface area (Å²) in [5.74, 6) is 0.493. The number of halogens is 1. The van der Waals surface area contributed by atoms with E-state index >= 15 is 0 Å². The van der Waals surface area contributed by atoms with E-state index in [4.69, 9.17) is 9.83 Å². The second-order valence-electron chi connectivity index (χ2n) is 1.54. The predicted molar refractivity (Wildman–Crippen MR) is 47.4 cm³/mol. The molecule has 4 heteroatoms. The van der Waals surface area contributed by atoms with Crippen molar-refractivity contribution in [2.24, 2.45) is 0 Å². The zero-order chi connectivity index (χ0) is 7.40. The molecule has 10 heavy (non-hydrogen) atoms. The van der Waals surface area contributed by atoms with Crippen molar-refractivity contribution in [3.63, 3.8) is 0 Å². The van der Waals surface area contributed by atoms with Crippen molar-refractivity contribution in [2.75, 3.05) is 0 Å². The van der Waals surface area contributed by atoms with Crippen LogP contribution in [0.5, 0.6) is 0 Å². The quantitative estimate of drug-likeness (QED) is 0.643. The van der Waals surface area contributed by atoms with E-state index in [0.717, 1.165) is 6.21 Å². The summed E-state index contributed by atoms with van der Waals surface area (Å²) in [4.78, 5) is 3.87. The Morgan fingerprint density at radius 3 is 3.10 bits per heavy atom. The summed E-state index contributed by atoms with van der Waals surface area (Å²) in [5.41, 5.74) is 0.699. The summed E-state index contributed by atoms with van der Waals surface area (Å²) in [6.45, 7) is 0. The molecule has 0 spiro atoms. The first-order valence-corrected chi connectivity index (χ1v) is 3.83. The van der Waals surface area contributed by atoms with Crippen molar-refractivity contribution in [3.05, 3.63) is 21.9 Å². The average molecular weight is 248 g/mol. The molecule has 52 valence electrons. The molecule has 0 aliphatic carbocycles. The van der Waals surface area contributed by atoms with Gasteiger partial charge in [0.15, 0.2) is 12.2 Å². The van der Waals surface area contributed by atoms with Gasteiger partial charge < -0.3 is 9.83 Å². The SMILES string of the molecule is N=Cc1ocnc1/C=C\I. The smallest absolute Gasteiger partial charge is 0.182 e. The predicted octanol–water partition coefficient (Wildman–Crippen LogP) is 2.08. The van der Waals surface area contributed by atoms with E-state index in [0.29, 0.717) is 11.5 Å². The zero-order valence-corrected chi connectivity index (χ0v) is 7.20. The number of hydrogen-bond acceptors (Lipinski definition) is 3. The summed E-state index contributed by atoms with van der Waals surface area (Å²) in [7, 11) is 0. The highest BCUT2D eigenvalue weighted by Gasteiger charge is 1.98. The monoisotopic (exact) mass is 248 g/mol. The number of hydrogen-bond donors (Lipinski definition) is 1. The number of rotatable bonds is 2. The Labute approximate surface area is 71.8 Å². The third kappa shape index (κ3) is 1.44. The molecule has 1 aromatic rings. The highest BCUT2D eigenvalue weighted by atomic mass is 127. The van der Waals surface area contributed by atoms with Crippen molar-refractivity contribution in [1.82, 2.24) is 4.98 Å². The minimum atomic E-state index is 0.493. The molecule has 0 unspecified atom stereocenters. The van der Waals surface area contributed by atoms with Crippen LogP contribution in [0.3, 0.4) is 0 Å². The summed E-state index contributed by atoms with van der Waals surface area (Å²) < 4.78 is 6.68. The minimum Gasteiger partial charge on any atom is -0.442 e. The van der Waals surface area contributed by atoms with Crippen LogP contribution in [-0.4, -0.2) is 11.2 Å². The maximum Gasteiger partial charge on any atom is 0.182 e. The molecule has 1 heterocycles. The number of oxazole rings is 1. The molecule has 1 N–H and O–H groups in total. The van der Waals surface area contributed by atoms with Crippen LogP contribution in [0, 0.1) is 5.41 Å². The van der Waals surface area contributed by atoms with Crippen LogP contribution in [0.4, 0.5) is 0 Å². The molecule has 0 fully saturated rings. The van der Waals surface area contributed by atoms with E-state index in [1.54, 1.807) is 6.08 Å². The van der Waals surface area contributed by atoms with E-state index < -0.39 is 0 Å². The van der Waals surface area contributed by atoms with Gasteiger partial charge in [0.05, 0.1) is 6.21 Å². The van der Waals surface area contributed by atoms with Crippen LogP contribution >= 0.6 is 22.6 Å². The second kappa shape index (κ2) is 3.50. The highest BCUT2D eigenvalue weighted by molar-refractivity contribution is 14.1. The number of aromatic nitrogens is 1. The van der Waals surface area contributed by atoms with Gasteiger partial charge in [-0.1, -0.05) is 22.6 Å². The Bertz CT molecular complexity index is 254. The van der Waals surface area contributed by atoms with Crippen molar-refractivity contribution >= 4 is 34.9 Å². The van der Waals surface area contributed by atoms with E-state index in [-0.39, 0.29) is 0 Å². The molecule has 0 atom stereocenters. The van der Waals surface area contributed by atoms with Gasteiger partial charge in [-0.05, 0) is 10.2 Å². The lowest BCUT2D eigenvalue weighted by atomic mass is 10.3. The Hall–Kier alpha value is -0.650. The fourth-order valence-electron chi connectivity index (χ4n) is 0.557. The molecule has 0 saturated carbocycles. The van der Waals surface area contributed by atoms with Crippen LogP contribution < -0.4 is 0 Å². The largest absolute Gasteiger partial charge is 0.442 e. The van der Waals surface area contributed by atoms with Crippen molar-refractivity contribution in [1.29, 1.82) is 5.41 Å². The second-order valence-corrected chi connectivity index (χ2v) is 2.26. The summed E-state index contributed by atoms with van der Waals surface area (Å²) in [5, 5.41) is 6.88. The summed E-state index contributed by atoms with van der Waals surface area (Å²) in [6, 6.07) is 0. The van der Waals surface area contributed by atoms with Crippen molar-refractivity contribution in [3.8, 4) is 0 Å². The number of nitrogens with one attached hydrogen (secondary N) is 1. The van der Waals surface area contributed by atoms with Gasteiger partial charge in [-0.25, -0.2) is 4.98 Å². The van der Waals surface area contributed by atoms with Crippen LogP contribution in [0.2, 0.25) is 0 Å². The van der Waals surface area contributed by atoms with E-state index in [2.05, 4.69) is 27.6 Å². The van der Waals surface area contributed by atoms with Crippen LogP contribution in [0.15, 0.2) is 14.9 Å². The van der Waals surface area contributed by atoms with Gasteiger partial charge in [-0.3, -0.25) is 0 Å². The molecule has 0 radical (unpaired) electrons. The molecule has 0 aromatic carbocycles. The van der Waals surface area contributed by atoms with Gasteiger partial charge in [0, 0.05) is 0 Å². The fraction of sp³-hybridized carbons (Fsp3) is 0. The first-order chi connectivity index (χ1) is 4.88. The van der Waals surface area contributed by atoms with E-state index in [9.17, 15) is 0 Å². The Morgan fingerprint density at radius 1 is 1.70 bits per heavy atom. The van der Waals surface area contributed by atoms with Gasteiger partial charge >= 0.3 is 0 Å². The molecule has 0 bridgehead atoms. The first-order valence-electron chi connectivity index (χ1n) is 2.59. The van der Waals surface area contributed by atoms with Crippen LogP contribution in [-0.2, 0) is 0 Å². The third-order valence-corrected chi connectivity index (χ3v) is 1.34. The maximum absolute atomic E-state index is 6.88. The lowest BCUT2D eigenvalue weighted by Gasteiger charge is -1.81. The molecule has 0 amide bonds. The molecule has 0 saturated heterocycles. The lowest BCUT2D eigenvalue weighted by molar-refractivity contribution is 0.550. The molecule has 1 rings (SSSR count). The van der Waals surface area contributed by atoms with Crippen molar-refractivity contribution < 1.29 is 4.42 Å². The van der Waals surface area contributed by atoms with E-state index in [1.165, 1.54) is 6.39 Å². The third-order valence-electron chi connectivity index (χ3n) is 0.976. The fourth-order valence-corrected chi connectivity index (χ4v) is 0.897. The molecule has 3 nitrogen and oxygen atoms in total. The van der Waals surface area contributed by atoms with Gasteiger partial charge in [0.1, 0.15) is 5.69 Å². The molecular weight excluding hydrogens is 243 g/mol. The standard InChI is InChI=1S/C6H5IN2O/c7-2-1-5-6(3-8)10-4-9-5/h1-4,8H/b2-1-,8-3?. The van der Waals surface area contributed by atoms with Crippen LogP contribution in [0.25, 0.3) is 6.08 Å². The summed E-state index contributed by atoms with van der Waals surface area (Å²) in [6.07, 6.45) is 4.25. The minimum absolute atomic E-state index is 0.493. The molecule has 1 aromatic heterocycles. The Balaban J connectivity index is 3.00. The topological polar surface area (TPSA) is 49.9 Å². The van der Waals surface area contributed by atoms with Crippen molar-refractivity contribution in [2.45, 2.75) is 0 Å². The average Bonchev–Trinajstić information content (AvgIpc) is 2.36. The Morgan fingerprint density at radius 2 is 2.50 bits per heavy atom. The van der Waals surface area contributed by atoms with Gasteiger partial charge in [-0.2, -0.15) is 0 Å². The van der Waals surface area contributed by atoms with Crippen LogP contribution in [0.1, 0.15) is 11.5 Å². The van der Waals surface area contributed by atoms with Gasteiger partial charge in [0.2, 0.25) is 0 Å². The van der Waals surface area contributed by atoms with E-state index in [1.807, 2.05) is 4.08 Å². The lowest BCUT2D eigenvalue weighted by Crippen LogP contribution is -1.78. The van der Waals surface area contributed by atoms with Gasteiger partial charge in [-0.15, -0.1) is 0 Å². The highest BCUT2D eigenvalue weighted by Crippen LogP contribution is 2.06. The first kappa shape index (κ1) is 7.46. The zero-order valence-electron chi connectivity index (χ0n) is 5.04. The number of nitrogens with zero attached hydrogens (tertiary/aromatic N) is 1. The Kier molecular flexibility index (Phi) is 2.61. The normalized spacial score (nSPS) is 10.5.